The van der Waals surface area contributed by atoms with Crippen LogP contribution in [0.4, 0.5) is 8.78 Å². The Bertz CT molecular complexity index is 434. The highest BCUT2D eigenvalue weighted by Gasteiger charge is 2.19. The molecule has 0 radical (unpaired) electrons. The lowest BCUT2D eigenvalue weighted by molar-refractivity contribution is 0.274. The van der Waals surface area contributed by atoms with Crippen molar-refractivity contribution in [2.45, 2.75) is 25.8 Å². The lowest BCUT2D eigenvalue weighted by Gasteiger charge is -2.24. The average Bonchev–Trinajstić information content (AvgIpc) is 2.75. The maximum Gasteiger partial charge on any atom is 0.163 e. The molecule has 0 bridgehead atoms. The van der Waals surface area contributed by atoms with E-state index in [0.29, 0.717) is 5.56 Å². The van der Waals surface area contributed by atoms with Crippen molar-refractivity contribution in [3.05, 3.63) is 35.4 Å². The van der Waals surface area contributed by atoms with Gasteiger partial charge in [0.15, 0.2) is 11.6 Å². The van der Waals surface area contributed by atoms with E-state index in [0.717, 1.165) is 32.6 Å². The predicted octanol–water partition coefficient (Wildman–Crippen LogP) is 3.44. The molecule has 1 heterocycles. The van der Waals surface area contributed by atoms with Crippen LogP contribution in [0.25, 0.3) is 0 Å². The van der Waals surface area contributed by atoms with Gasteiger partial charge in [0, 0.05) is 23.9 Å². The van der Waals surface area contributed by atoms with Gasteiger partial charge in [-0.1, -0.05) is 19.1 Å². The van der Waals surface area contributed by atoms with Gasteiger partial charge in [-0.2, -0.15) is 11.8 Å². The van der Waals surface area contributed by atoms with Crippen molar-refractivity contribution in [2.75, 3.05) is 37.7 Å². The number of rotatable bonds is 6. The van der Waals surface area contributed by atoms with Gasteiger partial charge in [-0.3, -0.25) is 0 Å². The Labute approximate surface area is 130 Å². The van der Waals surface area contributed by atoms with E-state index >= 15 is 0 Å². The molecule has 1 aromatic carbocycles. The first kappa shape index (κ1) is 16.7. The van der Waals surface area contributed by atoms with Crippen LogP contribution in [-0.2, 0) is 0 Å². The Kier molecular flexibility index (Phi) is 6.93. The summed E-state index contributed by atoms with van der Waals surface area (Å²) in [6.07, 6.45) is 2.02. The zero-order valence-corrected chi connectivity index (χ0v) is 13.4. The Morgan fingerprint density at radius 3 is 2.95 bits per heavy atom. The monoisotopic (exact) mass is 314 g/mol. The quantitative estimate of drug-likeness (QED) is 0.866. The van der Waals surface area contributed by atoms with Crippen molar-refractivity contribution in [2.24, 2.45) is 0 Å². The molecule has 2 rings (SSSR count). The highest BCUT2D eigenvalue weighted by Crippen LogP contribution is 2.23. The zero-order valence-electron chi connectivity index (χ0n) is 12.6. The van der Waals surface area contributed by atoms with Crippen LogP contribution in [0.3, 0.4) is 0 Å². The normalized spacial score (nSPS) is 18.4. The molecular weight excluding hydrogens is 290 g/mol. The molecule has 1 saturated heterocycles. The van der Waals surface area contributed by atoms with Gasteiger partial charge in [0.25, 0.3) is 0 Å². The molecule has 1 unspecified atom stereocenters. The van der Waals surface area contributed by atoms with Crippen LogP contribution in [0.5, 0.6) is 0 Å². The summed E-state index contributed by atoms with van der Waals surface area (Å²) < 4.78 is 27.4. The van der Waals surface area contributed by atoms with E-state index in [-0.39, 0.29) is 6.04 Å². The fraction of sp³-hybridized carbons (Fsp3) is 0.625. The van der Waals surface area contributed by atoms with E-state index in [9.17, 15) is 8.78 Å². The van der Waals surface area contributed by atoms with E-state index in [1.54, 1.807) is 12.1 Å². The molecular formula is C16H24F2N2S. The van der Waals surface area contributed by atoms with Gasteiger partial charge < -0.3 is 10.2 Å². The lowest BCUT2D eigenvalue weighted by atomic mass is 10.0. The highest BCUT2D eigenvalue weighted by atomic mass is 32.2. The summed E-state index contributed by atoms with van der Waals surface area (Å²) in [6, 6.07) is 4.32. The molecule has 118 valence electrons. The number of nitrogens with one attached hydrogen (secondary N) is 1. The van der Waals surface area contributed by atoms with Crippen molar-refractivity contribution < 1.29 is 8.78 Å². The third kappa shape index (κ3) is 4.94. The summed E-state index contributed by atoms with van der Waals surface area (Å²) in [6.45, 7) is 5.87. The van der Waals surface area contributed by atoms with Gasteiger partial charge in [-0.25, -0.2) is 8.78 Å². The van der Waals surface area contributed by atoms with E-state index < -0.39 is 11.6 Å². The summed E-state index contributed by atoms with van der Waals surface area (Å²) in [4.78, 5) is 2.43. The van der Waals surface area contributed by atoms with Gasteiger partial charge in [0.2, 0.25) is 0 Å². The fourth-order valence-electron chi connectivity index (χ4n) is 2.74. The third-order valence-electron chi connectivity index (χ3n) is 3.86. The molecule has 0 aliphatic carbocycles. The maximum absolute atomic E-state index is 14.0. The van der Waals surface area contributed by atoms with Crippen LogP contribution >= 0.6 is 11.8 Å². The van der Waals surface area contributed by atoms with Gasteiger partial charge >= 0.3 is 0 Å². The first-order valence-corrected chi connectivity index (χ1v) is 8.85. The summed E-state index contributed by atoms with van der Waals surface area (Å²) >= 11 is 2.00. The van der Waals surface area contributed by atoms with Gasteiger partial charge in [0.05, 0.1) is 0 Å². The van der Waals surface area contributed by atoms with E-state index in [4.69, 9.17) is 0 Å². The molecule has 2 nitrogen and oxygen atoms in total. The number of nitrogens with zero attached hydrogens (tertiary/aromatic N) is 1. The molecule has 1 atom stereocenters. The minimum Gasteiger partial charge on any atom is -0.310 e. The Morgan fingerprint density at radius 1 is 1.29 bits per heavy atom. The number of halogens is 2. The van der Waals surface area contributed by atoms with E-state index in [2.05, 4.69) is 10.2 Å². The average molecular weight is 314 g/mol. The second-order valence-corrected chi connectivity index (χ2v) is 6.57. The van der Waals surface area contributed by atoms with E-state index in [1.807, 2.05) is 18.7 Å². The Hall–Kier alpha value is -0.650. The van der Waals surface area contributed by atoms with Crippen LogP contribution in [-0.4, -0.2) is 42.6 Å². The molecule has 21 heavy (non-hydrogen) atoms. The number of hydrogen-bond donors (Lipinski definition) is 1. The zero-order chi connectivity index (χ0) is 15.1. The standard InChI is InChI=1S/C16H24F2N2S/c1-2-19-15(13-5-3-6-14(17)16(13)18)7-9-20-8-4-11-21-12-10-20/h3,5-6,15,19H,2,4,7-12H2,1H3. The summed E-state index contributed by atoms with van der Waals surface area (Å²) in [5.41, 5.74) is 0.445. The lowest BCUT2D eigenvalue weighted by Crippen LogP contribution is -2.31. The van der Waals surface area contributed by atoms with Crippen LogP contribution in [0.2, 0.25) is 0 Å². The molecule has 1 N–H and O–H groups in total. The SMILES string of the molecule is CCNC(CCN1CCCSCC1)c1cccc(F)c1F. The molecule has 1 aliphatic rings. The molecule has 1 aliphatic heterocycles. The van der Waals surface area contributed by atoms with Crippen molar-refractivity contribution in [3.8, 4) is 0 Å². The van der Waals surface area contributed by atoms with E-state index in [1.165, 1.54) is 24.0 Å². The van der Waals surface area contributed by atoms with Crippen LogP contribution < -0.4 is 5.32 Å². The molecule has 0 amide bonds. The number of benzene rings is 1. The van der Waals surface area contributed by atoms with Crippen molar-refractivity contribution in [1.29, 1.82) is 0 Å². The minimum atomic E-state index is -0.762. The first-order valence-electron chi connectivity index (χ1n) is 7.69. The van der Waals surface area contributed by atoms with Crippen molar-refractivity contribution >= 4 is 11.8 Å². The molecule has 5 heteroatoms. The van der Waals surface area contributed by atoms with Crippen molar-refractivity contribution in [3.63, 3.8) is 0 Å². The number of hydrogen-bond acceptors (Lipinski definition) is 3. The molecule has 0 saturated carbocycles. The maximum atomic E-state index is 14.0. The van der Waals surface area contributed by atoms with Gasteiger partial charge in [-0.15, -0.1) is 0 Å². The second-order valence-electron chi connectivity index (χ2n) is 5.35. The van der Waals surface area contributed by atoms with Crippen LogP contribution in [0.15, 0.2) is 18.2 Å². The second kappa shape index (κ2) is 8.71. The summed E-state index contributed by atoms with van der Waals surface area (Å²) in [7, 11) is 0. The van der Waals surface area contributed by atoms with Crippen molar-refractivity contribution in [1.82, 2.24) is 10.2 Å². The first-order chi connectivity index (χ1) is 10.2. The molecule has 1 aromatic rings. The number of thioether (sulfide) groups is 1. The smallest absolute Gasteiger partial charge is 0.163 e. The minimum absolute atomic E-state index is 0.124. The topological polar surface area (TPSA) is 15.3 Å². The summed E-state index contributed by atoms with van der Waals surface area (Å²) in [5, 5.41) is 3.28. The fourth-order valence-corrected chi connectivity index (χ4v) is 3.66. The van der Waals surface area contributed by atoms with Gasteiger partial charge in [-0.05, 0) is 44.3 Å². The Morgan fingerprint density at radius 2 is 2.14 bits per heavy atom. The molecule has 1 fully saturated rings. The highest BCUT2D eigenvalue weighted by molar-refractivity contribution is 7.99. The van der Waals surface area contributed by atoms with Crippen LogP contribution in [0, 0.1) is 11.6 Å². The molecule has 0 spiro atoms. The largest absolute Gasteiger partial charge is 0.310 e. The van der Waals surface area contributed by atoms with Crippen LogP contribution in [0.1, 0.15) is 31.4 Å². The summed E-state index contributed by atoms with van der Waals surface area (Å²) in [5.74, 6) is 0.919. The molecule has 0 aromatic heterocycles. The predicted molar refractivity (Wildman–Crippen MR) is 85.8 cm³/mol. The third-order valence-corrected chi connectivity index (χ3v) is 4.90. The Balaban J connectivity index is 1.99. The van der Waals surface area contributed by atoms with Gasteiger partial charge in [0.1, 0.15) is 0 Å².